The van der Waals surface area contributed by atoms with Gasteiger partial charge < -0.3 is 10.2 Å². The van der Waals surface area contributed by atoms with Crippen molar-refractivity contribution in [1.82, 2.24) is 9.88 Å². The number of anilines is 1. The lowest BCUT2D eigenvalue weighted by molar-refractivity contribution is -0.128. The number of nitrogens with zero attached hydrogens (tertiary/aromatic N) is 3. The van der Waals surface area contributed by atoms with E-state index in [1.54, 1.807) is 6.20 Å². The van der Waals surface area contributed by atoms with Crippen LogP contribution in [0, 0.1) is 11.3 Å². The van der Waals surface area contributed by atoms with Gasteiger partial charge in [-0.2, -0.15) is 5.26 Å². The Morgan fingerprint density at radius 1 is 1.32 bits per heavy atom. The van der Waals surface area contributed by atoms with Crippen LogP contribution in [0.3, 0.4) is 0 Å². The monoisotopic (exact) mass is 292 g/mol. The Kier molecular flexibility index (Phi) is 2.97. The molecule has 2 aromatic rings. The third kappa shape index (κ3) is 2.17. The second-order valence-corrected chi connectivity index (χ2v) is 6.00. The van der Waals surface area contributed by atoms with Gasteiger partial charge in [0.25, 0.3) is 0 Å². The summed E-state index contributed by atoms with van der Waals surface area (Å²) in [4.78, 5) is 18.4. The van der Waals surface area contributed by atoms with Gasteiger partial charge in [-0.3, -0.25) is 9.78 Å². The molecular weight excluding hydrogens is 276 g/mol. The van der Waals surface area contributed by atoms with Crippen LogP contribution >= 0.6 is 0 Å². The maximum atomic E-state index is 12.1. The number of fused-ring (bicyclic) bond motifs is 1. The fraction of sp³-hybridized carbons (Fsp3) is 0.353. The molecule has 1 amide bonds. The predicted octanol–water partition coefficient (Wildman–Crippen LogP) is 2.28. The Balaban J connectivity index is 1.66. The lowest BCUT2D eigenvalue weighted by Crippen LogP contribution is -2.29. The van der Waals surface area contributed by atoms with Crippen LogP contribution in [0.1, 0.15) is 24.8 Å². The van der Waals surface area contributed by atoms with Gasteiger partial charge >= 0.3 is 0 Å². The van der Waals surface area contributed by atoms with Crippen LogP contribution in [0.5, 0.6) is 0 Å². The van der Waals surface area contributed by atoms with Gasteiger partial charge in [-0.15, -0.1) is 0 Å². The van der Waals surface area contributed by atoms with Gasteiger partial charge in [0.15, 0.2) is 0 Å². The molecule has 1 aromatic heterocycles. The normalized spacial score (nSPS) is 21.1. The maximum absolute atomic E-state index is 12.1. The number of aromatic nitrogens is 1. The highest BCUT2D eigenvalue weighted by Crippen LogP contribution is 2.33. The number of hydrogen-bond acceptors (Lipinski definition) is 4. The fourth-order valence-corrected chi connectivity index (χ4v) is 3.15. The number of likely N-dealkylation sites (tertiary alicyclic amines) is 1. The molecule has 1 N–H and O–H groups in total. The molecule has 0 spiro atoms. The van der Waals surface area contributed by atoms with Gasteiger partial charge in [-0.25, -0.2) is 0 Å². The minimum absolute atomic E-state index is 0.0611. The number of rotatable bonds is 3. The average molecular weight is 292 g/mol. The van der Waals surface area contributed by atoms with E-state index in [2.05, 4.69) is 16.4 Å². The molecule has 1 saturated heterocycles. The zero-order chi connectivity index (χ0) is 15.1. The van der Waals surface area contributed by atoms with E-state index in [9.17, 15) is 10.1 Å². The Labute approximate surface area is 128 Å². The number of carbonyl (C=O) groups excluding carboxylic acids is 1. The van der Waals surface area contributed by atoms with Crippen molar-refractivity contribution >= 4 is 22.5 Å². The first kappa shape index (κ1) is 13.1. The van der Waals surface area contributed by atoms with Crippen molar-refractivity contribution in [3.63, 3.8) is 0 Å². The smallest absolute Gasteiger partial charge is 0.225 e. The third-order valence-corrected chi connectivity index (χ3v) is 4.39. The van der Waals surface area contributed by atoms with Crippen molar-refractivity contribution in [3.05, 3.63) is 36.0 Å². The van der Waals surface area contributed by atoms with Gasteiger partial charge in [0.05, 0.1) is 22.8 Å². The Morgan fingerprint density at radius 2 is 2.14 bits per heavy atom. The molecule has 0 radical (unpaired) electrons. The minimum atomic E-state index is 0.0611. The minimum Gasteiger partial charge on any atom is -0.378 e. The van der Waals surface area contributed by atoms with Crippen molar-refractivity contribution in [2.75, 3.05) is 11.9 Å². The van der Waals surface area contributed by atoms with E-state index >= 15 is 0 Å². The van der Waals surface area contributed by atoms with Crippen molar-refractivity contribution in [2.45, 2.75) is 31.3 Å². The summed E-state index contributed by atoms with van der Waals surface area (Å²) in [6.07, 6.45) is 4.35. The second-order valence-electron chi connectivity index (χ2n) is 6.00. The second kappa shape index (κ2) is 4.99. The molecule has 2 heterocycles. The molecule has 5 heteroatoms. The van der Waals surface area contributed by atoms with Crippen LogP contribution in [-0.2, 0) is 4.79 Å². The topological polar surface area (TPSA) is 69.0 Å². The summed E-state index contributed by atoms with van der Waals surface area (Å²) >= 11 is 0. The van der Waals surface area contributed by atoms with E-state index in [0.29, 0.717) is 18.0 Å². The quantitative estimate of drug-likeness (QED) is 0.942. The maximum Gasteiger partial charge on any atom is 0.225 e. The number of benzene rings is 1. The van der Waals surface area contributed by atoms with Gasteiger partial charge in [-0.05, 0) is 18.9 Å². The van der Waals surface area contributed by atoms with E-state index in [4.69, 9.17) is 0 Å². The van der Waals surface area contributed by atoms with Crippen LogP contribution < -0.4 is 5.32 Å². The molecule has 0 bridgehead atoms. The van der Waals surface area contributed by atoms with Crippen molar-refractivity contribution in [2.24, 2.45) is 0 Å². The largest absolute Gasteiger partial charge is 0.378 e. The molecule has 0 unspecified atom stereocenters. The molecule has 22 heavy (non-hydrogen) atoms. The van der Waals surface area contributed by atoms with E-state index in [1.165, 1.54) is 0 Å². The summed E-state index contributed by atoms with van der Waals surface area (Å²) in [5.74, 6) is 0.219. The number of nitriles is 1. The first-order valence-corrected chi connectivity index (χ1v) is 7.60. The predicted molar refractivity (Wildman–Crippen MR) is 83.2 cm³/mol. The van der Waals surface area contributed by atoms with Crippen molar-refractivity contribution in [1.29, 1.82) is 5.26 Å². The van der Waals surface area contributed by atoms with Crippen LogP contribution in [0.25, 0.3) is 10.9 Å². The number of para-hydroxylation sites is 1. The Bertz CT molecular complexity index is 791. The summed E-state index contributed by atoms with van der Waals surface area (Å²) in [7, 11) is 0. The molecular formula is C17H16N4O. The summed E-state index contributed by atoms with van der Waals surface area (Å²) < 4.78 is 0. The van der Waals surface area contributed by atoms with Crippen LogP contribution in [-0.4, -0.2) is 34.4 Å². The molecule has 2 aliphatic rings. The number of nitrogens with one attached hydrogen (secondary N) is 1. The highest BCUT2D eigenvalue weighted by atomic mass is 16.2. The highest BCUT2D eigenvalue weighted by molar-refractivity contribution is 5.94. The number of hydrogen-bond donors (Lipinski definition) is 1. The van der Waals surface area contributed by atoms with Crippen LogP contribution in [0.4, 0.5) is 5.69 Å². The average Bonchev–Trinajstić information content (AvgIpc) is 3.31. The van der Waals surface area contributed by atoms with E-state index in [1.807, 2.05) is 29.2 Å². The molecule has 2 fully saturated rings. The molecule has 110 valence electrons. The van der Waals surface area contributed by atoms with E-state index < -0.39 is 0 Å². The van der Waals surface area contributed by atoms with Gasteiger partial charge in [-0.1, -0.05) is 18.2 Å². The molecule has 1 aliphatic heterocycles. The summed E-state index contributed by atoms with van der Waals surface area (Å²) in [5.41, 5.74) is 2.17. The van der Waals surface area contributed by atoms with Crippen molar-refractivity contribution < 1.29 is 4.79 Å². The molecule has 1 saturated carbocycles. The molecule has 1 aromatic carbocycles. The first-order valence-electron chi connectivity index (χ1n) is 7.60. The molecule has 1 atom stereocenters. The zero-order valence-electron chi connectivity index (χ0n) is 12.1. The summed E-state index contributed by atoms with van der Waals surface area (Å²) in [6.45, 7) is 0.727. The Morgan fingerprint density at radius 3 is 2.91 bits per heavy atom. The molecule has 5 nitrogen and oxygen atoms in total. The summed E-state index contributed by atoms with van der Waals surface area (Å²) in [6, 6.07) is 10.5. The fourth-order valence-electron chi connectivity index (χ4n) is 3.15. The van der Waals surface area contributed by atoms with Gasteiger partial charge in [0, 0.05) is 30.6 Å². The molecule has 1 aliphatic carbocycles. The standard InChI is InChI=1S/C17H16N4O/c18-8-11-9-19-15-4-2-1-3-14(15)17(11)20-12-7-16(22)21(10-12)13-5-6-13/h1-4,9,12-13H,5-7,10H2,(H,19,20)/t12-/m1/s1. The first-order chi connectivity index (χ1) is 10.8. The van der Waals surface area contributed by atoms with E-state index in [-0.39, 0.29) is 11.9 Å². The van der Waals surface area contributed by atoms with Gasteiger partial charge in [0.2, 0.25) is 5.91 Å². The zero-order valence-corrected chi connectivity index (χ0v) is 12.1. The number of amides is 1. The molecule has 4 rings (SSSR count). The van der Waals surface area contributed by atoms with E-state index in [0.717, 1.165) is 36.0 Å². The number of carbonyl (C=O) groups is 1. The van der Waals surface area contributed by atoms with Crippen LogP contribution in [0.15, 0.2) is 30.5 Å². The van der Waals surface area contributed by atoms with Crippen molar-refractivity contribution in [3.8, 4) is 6.07 Å². The Hall–Kier alpha value is -2.61. The van der Waals surface area contributed by atoms with Gasteiger partial charge in [0.1, 0.15) is 6.07 Å². The lowest BCUT2D eigenvalue weighted by Gasteiger charge is -2.18. The van der Waals surface area contributed by atoms with Crippen LogP contribution in [0.2, 0.25) is 0 Å². The third-order valence-electron chi connectivity index (χ3n) is 4.39. The summed E-state index contributed by atoms with van der Waals surface area (Å²) in [5, 5.41) is 13.7. The SMILES string of the molecule is N#Cc1cnc2ccccc2c1N[C@@H]1CC(=O)N(C2CC2)C1. The highest BCUT2D eigenvalue weighted by Gasteiger charge is 2.39. The number of pyridine rings is 1. The lowest BCUT2D eigenvalue weighted by atomic mass is 10.1.